The number of carbonyl (C=O) groups is 2. The highest BCUT2D eigenvalue weighted by Crippen LogP contribution is 2.26. The van der Waals surface area contributed by atoms with E-state index in [9.17, 15) is 14.7 Å². The van der Waals surface area contributed by atoms with E-state index in [4.69, 9.17) is 4.74 Å². The van der Waals surface area contributed by atoms with Crippen LogP contribution in [0.4, 0.5) is 0 Å². The molecule has 5 nitrogen and oxygen atoms in total. The number of thiophene rings is 1. The van der Waals surface area contributed by atoms with E-state index in [2.05, 4.69) is 31.2 Å². The van der Waals surface area contributed by atoms with Crippen molar-refractivity contribution in [2.45, 2.75) is 76.9 Å². The van der Waals surface area contributed by atoms with Crippen LogP contribution in [-0.4, -0.2) is 47.7 Å². The van der Waals surface area contributed by atoms with Crippen molar-refractivity contribution in [2.75, 3.05) is 13.7 Å². The van der Waals surface area contributed by atoms with Gasteiger partial charge >= 0.3 is 5.97 Å². The molecule has 0 bridgehead atoms. The molecular formula is C27H37NO4S. The lowest BCUT2D eigenvalue weighted by molar-refractivity contribution is -0.129. The highest BCUT2D eigenvalue weighted by molar-refractivity contribution is 7.13. The maximum atomic E-state index is 12.4. The molecule has 33 heavy (non-hydrogen) atoms. The lowest BCUT2D eigenvalue weighted by Gasteiger charge is -2.27. The number of hydrogen-bond acceptors (Lipinski definition) is 5. The molecule has 1 unspecified atom stereocenters. The first-order chi connectivity index (χ1) is 16.0. The van der Waals surface area contributed by atoms with Gasteiger partial charge < -0.3 is 14.7 Å². The molecule has 2 aromatic rings. The standard InChI is InChI=1S/C27H37NO4S/c1-20(8-6-11-21-9-4-3-5-10-21)24(29)16-13-22-14-18-26(30)28(22)19-7-12-23-15-17-25(33-23)27(31)32-2/h3-5,9-10,15,17,20,22,24,29H,6-8,11-14,16,18-19H2,1-2H3/t20-,22?,24+/m0/s1. The van der Waals surface area contributed by atoms with Crippen molar-refractivity contribution < 1.29 is 19.4 Å². The number of likely N-dealkylation sites (tertiary alicyclic amines) is 1. The Kier molecular flexibility index (Phi) is 9.95. The Balaban J connectivity index is 1.38. The maximum absolute atomic E-state index is 12.4. The van der Waals surface area contributed by atoms with E-state index >= 15 is 0 Å². The van der Waals surface area contributed by atoms with E-state index in [0.29, 0.717) is 11.3 Å². The van der Waals surface area contributed by atoms with Crippen molar-refractivity contribution in [1.82, 2.24) is 4.90 Å². The number of benzene rings is 1. The average molecular weight is 472 g/mol. The minimum atomic E-state index is -0.318. The molecule has 1 N–H and O–H groups in total. The Bertz CT molecular complexity index is 881. The quantitative estimate of drug-likeness (QED) is 0.405. The van der Waals surface area contributed by atoms with Crippen molar-refractivity contribution in [3.63, 3.8) is 0 Å². The molecule has 1 aromatic carbocycles. The Morgan fingerprint density at radius 1 is 1.15 bits per heavy atom. The fourth-order valence-corrected chi connectivity index (χ4v) is 5.63. The normalized spacial score (nSPS) is 17.8. The van der Waals surface area contributed by atoms with Gasteiger partial charge in [-0.15, -0.1) is 11.3 Å². The smallest absolute Gasteiger partial charge is 0.348 e. The summed E-state index contributed by atoms with van der Waals surface area (Å²) in [5.74, 6) is 0.197. The molecule has 1 aromatic heterocycles. The van der Waals surface area contributed by atoms with Gasteiger partial charge in [0.1, 0.15) is 4.88 Å². The zero-order valence-corrected chi connectivity index (χ0v) is 20.7. The minimum Gasteiger partial charge on any atom is -0.465 e. The summed E-state index contributed by atoms with van der Waals surface area (Å²) in [4.78, 5) is 27.8. The maximum Gasteiger partial charge on any atom is 0.348 e. The minimum absolute atomic E-state index is 0.229. The van der Waals surface area contributed by atoms with E-state index < -0.39 is 0 Å². The van der Waals surface area contributed by atoms with Crippen LogP contribution in [0.2, 0.25) is 0 Å². The zero-order valence-electron chi connectivity index (χ0n) is 19.9. The van der Waals surface area contributed by atoms with Gasteiger partial charge in [0.25, 0.3) is 0 Å². The van der Waals surface area contributed by atoms with Crippen LogP contribution < -0.4 is 0 Å². The summed E-state index contributed by atoms with van der Waals surface area (Å²) in [5, 5.41) is 10.7. The summed E-state index contributed by atoms with van der Waals surface area (Å²) < 4.78 is 4.77. The SMILES string of the molecule is COC(=O)c1ccc(CCCN2C(=O)CCC2CC[C@@H](O)[C@@H](C)CCCc2ccccc2)s1. The van der Waals surface area contributed by atoms with Gasteiger partial charge in [0.15, 0.2) is 0 Å². The predicted molar refractivity (Wildman–Crippen MR) is 132 cm³/mol. The van der Waals surface area contributed by atoms with Crippen molar-refractivity contribution in [2.24, 2.45) is 5.92 Å². The fourth-order valence-electron chi connectivity index (χ4n) is 4.66. The molecule has 1 fully saturated rings. The molecule has 3 rings (SSSR count). The number of aryl methyl sites for hydroxylation is 2. The van der Waals surface area contributed by atoms with Crippen LogP contribution in [0.25, 0.3) is 0 Å². The van der Waals surface area contributed by atoms with E-state index in [1.54, 1.807) is 6.07 Å². The molecule has 1 amide bonds. The number of rotatable bonds is 13. The van der Waals surface area contributed by atoms with Gasteiger partial charge in [0.05, 0.1) is 13.2 Å². The first-order valence-electron chi connectivity index (χ1n) is 12.2. The molecule has 0 spiro atoms. The number of esters is 1. The van der Waals surface area contributed by atoms with E-state index in [1.807, 2.05) is 17.0 Å². The molecule has 1 aliphatic heterocycles. The van der Waals surface area contributed by atoms with Gasteiger partial charge in [-0.25, -0.2) is 4.79 Å². The lowest BCUT2D eigenvalue weighted by atomic mass is 9.92. The number of amides is 1. The van der Waals surface area contributed by atoms with Gasteiger partial charge in [-0.1, -0.05) is 37.3 Å². The second-order valence-electron chi connectivity index (χ2n) is 9.14. The largest absolute Gasteiger partial charge is 0.465 e. The van der Waals surface area contributed by atoms with Crippen LogP contribution in [0, 0.1) is 5.92 Å². The number of nitrogens with zero attached hydrogens (tertiary/aromatic N) is 1. The lowest BCUT2D eigenvalue weighted by Crippen LogP contribution is -2.35. The molecular weight excluding hydrogens is 434 g/mol. The zero-order chi connectivity index (χ0) is 23.6. The molecule has 0 radical (unpaired) electrons. The molecule has 0 saturated carbocycles. The van der Waals surface area contributed by atoms with Gasteiger partial charge in [-0.05, 0) is 75.0 Å². The summed E-state index contributed by atoms with van der Waals surface area (Å²) in [7, 11) is 1.39. The Morgan fingerprint density at radius 2 is 1.94 bits per heavy atom. The van der Waals surface area contributed by atoms with Gasteiger partial charge in [0, 0.05) is 23.9 Å². The van der Waals surface area contributed by atoms with Crippen LogP contribution in [0.3, 0.4) is 0 Å². The summed E-state index contributed by atoms with van der Waals surface area (Å²) in [6.07, 6.45) is 7.65. The molecule has 3 atom stereocenters. The number of hydrogen-bond donors (Lipinski definition) is 1. The second kappa shape index (κ2) is 12.9. The van der Waals surface area contributed by atoms with Gasteiger partial charge in [-0.3, -0.25) is 4.79 Å². The molecule has 0 aliphatic carbocycles. The van der Waals surface area contributed by atoms with Crippen LogP contribution in [0.1, 0.15) is 72.0 Å². The predicted octanol–water partition coefficient (Wildman–Crippen LogP) is 5.26. The summed E-state index contributed by atoms with van der Waals surface area (Å²) in [6, 6.07) is 14.5. The monoisotopic (exact) mass is 471 g/mol. The molecule has 1 aliphatic rings. The summed E-state index contributed by atoms with van der Waals surface area (Å²) in [6.45, 7) is 2.87. The number of methoxy groups -OCH3 is 1. The first-order valence-corrected chi connectivity index (χ1v) is 13.0. The number of ether oxygens (including phenoxy) is 1. The fraction of sp³-hybridized carbons (Fsp3) is 0.556. The highest BCUT2D eigenvalue weighted by atomic mass is 32.1. The third-order valence-corrected chi connectivity index (χ3v) is 7.87. The number of carbonyl (C=O) groups excluding carboxylic acids is 2. The van der Waals surface area contributed by atoms with E-state index in [0.717, 1.165) is 62.8 Å². The molecule has 180 valence electrons. The Morgan fingerprint density at radius 3 is 2.70 bits per heavy atom. The average Bonchev–Trinajstić information content (AvgIpc) is 3.44. The van der Waals surface area contributed by atoms with Gasteiger partial charge in [-0.2, -0.15) is 0 Å². The number of aliphatic hydroxyl groups is 1. The third kappa shape index (κ3) is 7.68. The Labute approximate surface area is 201 Å². The second-order valence-corrected chi connectivity index (χ2v) is 10.3. The molecule has 2 heterocycles. The van der Waals surface area contributed by atoms with Crippen molar-refractivity contribution in [3.05, 3.63) is 57.8 Å². The van der Waals surface area contributed by atoms with Crippen LogP contribution in [-0.2, 0) is 22.4 Å². The Hall–Kier alpha value is -2.18. The number of aliphatic hydroxyl groups excluding tert-OH is 1. The highest BCUT2D eigenvalue weighted by Gasteiger charge is 2.31. The summed E-state index contributed by atoms with van der Waals surface area (Å²) in [5.41, 5.74) is 1.35. The van der Waals surface area contributed by atoms with Gasteiger partial charge in [0.2, 0.25) is 5.91 Å². The van der Waals surface area contributed by atoms with Crippen molar-refractivity contribution in [1.29, 1.82) is 0 Å². The van der Waals surface area contributed by atoms with Crippen molar-refractivity contribution >= 4 is 23.2 Å². The third-order valence-electron chi connectivity index (χ3n) is 6.74. The van der Waals surface area contributed by atoms with Crippen LogP contribution >= 0.6 is 11.3 Å². The van der Waals surface area contributed by atoms with Crippen LogP contribution in [0.5, 0.6) is 0 Å². The van der Waals surface area contributed by atoms with E-state index in [-0.39, 0.29) is 29.9 Å². The van der Waals surface area contributed by atoms with Crippen LogP contribution in [0.15, 0.2) is 42.5 Å². The summed E-state index contributed by atoms with van der Waals surface area (Å²) >= 11 is 1.46. The first kappa shape index (κ1) is 25.4. The molecule has 6 heteroatoms. The molecule has 1 saturated heterocycles. The van der Waals surface area contributed by atoms with E-state index in [1.165, 1.54) is 24.0 Å². The topological polar surface area (TPSA) is 66.8 Å². The van der Waals surface area contributed by atoms with Crippen molar-refractivity contribution in [3.8, 4) is 0 Å².